The summed E-state index contributed by atoms with van der Waals surface area (Å²) >= 11 is 3.73. The van der Waals surface area contributed by atoms with Crippen molar-refractivity contribution in [2.75, 3.05) is 51.3 Å². The molecule has 3 aliphatic heterocycles. The van der Waals surface area contributed by atoms with E-state index in [1.165, 1.54) is 0 Å². The first kappa shape index (κ1) is 29.8. The lowest BCUT2D eigenvalue weighted by atomic mass is 9.86. The second-order valence-electron chi connectivity index (χ2n) is 12.8. The van der Waals surface area contributed by atoms with Crippen LogP contribution in [-0.4, -0.2) is 96.7 Å². The summed E-state index contributed by atoms with van der Waals surface area (Å²) in [5, 5.41) is 0. The van der Waals surface area contributed by atoms with Crippen LogP contribution in [0.3, 0.4) is 0 Å². The average Bonchev–Trinajstić information content (AvgIpc) is 3.34. The molecule has 3 aliphatic rings. The fraction of sp³-hybridized carbons (Fsp3) is 0.690. The molecule has 9 nitrogen and oxygen atoms in total. The molecule has 39 heavy (non-hydrogen) atoms. The van der Waals surface area contributed by atoms with E-state index in [9.17, 15) is 14.4 Å². The molecule has 0 aliphatic carbocycles. The van der Waals surface area contributed by atoms with E-state index in [2.05, 4.69) is 46.8 Å². The number of carbonyl (C=O) groups is 3. The number of anilines is 1. The fourth-order valence-electron chi connectivity index (χ4n) is 5.84. The minimum atomic E-state index is -0.577. The molecule has 0 unspecified atom stereocenters. The van der Waals surface area contributed by atoms with Crippen LogP contribution in [0.5, 0.6) is 0 Å². The van der Waals surface area contributed by atoms with Gasteiger partial charge in [-0.05, 0) is 57.4 Å². The van der Waals surface area contributed by atoms with Gasteiger partial charge in [-0.15, -0.1) is 0 Å². The van der Waals surface area contributed by atoms with Crippen molar-refractivity contribution in [1.82, 2.24) is 14.7 Å². The zero-order chi connectivity index (χ0) is 28.7. The van der Waals surface area contributed by atoms with E-state index in [1.54, 1.807) is 12.0 Å². The van der Waals surface area contributed by atoms with Crippen LogP contribution in [-0.2, 0) is 31.0 Å². The maximum absolute atomic E-state index is 13.9. The van der Waals surface area contributed by atoms with Gasteiger partial charge < -0.3 is 24.2 Å². The number of nitrogens with zero attached hydrogens (tertiary/aromatic N) is 4. The number of fused-ring (bicyclic) bond motifs is 1. The number of halogens is 1. The van der Waals surface area contributed by atoms with E-state index >= 15 is 0 Å². The highest BCUT2D eigenvalue weighted by Crippen LogP contribution is 2.43. The molecule has 216 valence electrons. The number of hydrogen-bond donors (Lipinski definition) is 0. The predicted molar refractivity (Wildman–Crippen MR) is 154 cm³/mol. The molecule has 2 fully saturated rings. The highest BCUT2D eigenvalue weighted by atomic mass is 79.9. The van der Waals surface area contributed by atoms with Crippen LogP contribution in [0.25, 0.3) is 0 Å². The molecule has 2 atom stereocenters. The number of benzene rings is 1. The van der Waals surface area contributed by atoms with Crippen molar-refractivity contribution < 1.29 is 23.9 Å². The summed E-state index contributed by atoms with van der Waals surface area (Å²) in [6.07, 6.45) is 1.15. The molecule has 0 radical (unpaired) electrons. The molecule has 10 heteroatoms. The van der Waals surface area contributed by atoms with E-state index in [0.29, 0.717) is 39.2 Å². The summed E-state index contributed by atoms with van der Waals surface area (Å²) in [6, 6.07) is 3.96. The molecule has 3 heterocycles. The Balaban J connectivity index is 1.53. The second-order valence-corrected chi connectivity index (χ2v) is 13.6. The van der Waals surface area contributed by atoms with Gasteiger partial charge in [0.2, 0.25) is 11.8 Å². The van der Waals surface area contributed by atoms with Crippen LogP contribution in [0.15, 0.2) is 16.6 Å². The lowest BCUT2D eigenvalue weighted by molar-refractivity contribution is -0.128. The Bertz CT molecular complexity index is 1120. The van der Waals surface area contributed by atoms with Crippen molar-refractivity contribution in [3.05, 3.63) is 27.7 Å². The zero-order valence-corrected chi connectivity index (χ0v) is 26.0. The minimum Gasteiger partial charge on any atom is -0.444 e. The highest BCUT2D eigenvalue weighted by Gasteiger charge is 2.42. The Hall–Kier alpha value is -2.17. The lowest BCUT2D eigenvalue weighted by Gasteiger charge is -2.45. The first-order valence-corrected chi connectivity index (χ1v) is 14.6. The first-order valence-electron chi connectivity index (χ1n) is 13.8. The Morgan fingerprint density at radius 1 is 1.18 bits per heavy atom. The smallest absolute Gasteiger partial charge is 0.410 e. The Kier molecular flexibility index (Phi) is 8.69. The number of piperazine rings is 1. The topological polar surface area (TPSA) is 82.6 Å². The monoisotopic (exact) mass is 606 g/mol. The maximum Gasteiger partial charge on any atom is 0.410 e. The number of methoxy groups -OCH3 is 1. The van der Waals surface area contributed by atoms with Gasteiger partial charge >= 0.3 is 6.09 Å². The van der Waals surface area contributed by atoms with Crippen LogP contribution >= 0.6 is 15.9 Å². The molecule has 0 N–H and O–H groups in total. The molecule has 3 amide bonds. The SMILES string of the molecule is COC[C@H]1CN(C(=O)OC(C)(C)C)[C@H](C)CN1CC(=O)N1CC(C)(C)c2cc(Br)c(CN3CCCC3=O)cc21. The molecule has 1 aromatic rings. The Morgan fingerprint density at radius 3 is 2.51 bits per heavy atom. The van der Waals surface area contributed by atoms with Gasteiger partial charge in [-0.1, -0.05) is 29.8 Å². The van der Waals surface area contributed by atoms with Crippen LogP contribution in [0, 0.1) is 0 Å². The van der Waals surface area contributed by atoms with Gasteiger partial charge in [0.1, 0.15) is 5.60 Å². The van der Waals surface area contributed by atoms with Crippen molar-refractivity contribution in [2.45, 2.75) is 84.0 Å². The van der Waals surface area contributed by atoms with Crippen LogP contribution in [0.1, 0.15) is 65.5 Å². The molecule has 0 spiro atoms. The standard InChI is InChI=1S/C29H43BrN4O5/c1-19-13-32(21(17-38-7)15-33(19)27(37)39-28(2,3)4)16-26(36)34-18-29(5,6)22-12-23(30)20(11-24(22)34)14-31-10-8-9-25(31)35/h11-12,19,21H,8-10,13-18H2,1-7H3/t19-,21-/m1/s1. The Labute approximate surface area is 240 Å². The average molecular weight is 608 g/mol. The maximum atomic E-state index is 13.9. The van der Waals surface area contributed by atoms with E-state index in [1.807, 2.05) is 37.5 Å². The van der Waals surface area contributed by atoms with Crippen molar-refractivity contribution in [3.8, 4) is 0 Å². The predicted octanol–water partition coefficient (Wildman–Crippen LogP) is 4.15. The number of likely N-dealkylation sites (tertiary alicyclic amines) is 1. The Morgan fingerprint density at radius 2 is 1.90 bits per heavy atom. The van der Waals surface area contributed by atoms with Gasteiger partial charge in [-0.3, -0.25) is 14.5 Å². The molecule has 2 saturated heterocycles. The van der Waals surface area contributed by atoms with Crippen LogP contribution < -0.4 is 4.90 Å². The second kappa shape index (κ2) is 11.4. The van der Waals surface area contributed by atoms with Crippen molar-refractivity contribution >= 4 is 39.5 Å². The molecular weight excluding hydrogens is 564 g/mol. The third-order valence-electron chi connectivity index (χ3n) is 7.85. The van der Waals surface area contributed by atoms with Crippen LogP contribution in [0.4, 0.5) is 10.5 Å². The third kappa shape index (κ3) is 6.60. The summed E-state index contributed by atoms with van der Waals surface area (Å²) in [5.41, 5.74) is 2.27. The summed E-state index contributed by atoms with van der Waals surface area (Å²) in [4.78, 5) is 46.7. The van der Waals surface area contributed by atoms with E-state index in [-0.39, 0.29) is 42.0 Å². The summed E-state index contributed by atoms with van der Waals surface area (Å²) in [6.45, 7) is 15.4. The summed E-state index contributed by atoms with van der Waals surface area (Å²) in [5.74, 6) is 0.200. The van der Waals surface area contributed by atoms with Gasteiger partial charge in [-0.2, -0.15) is 0 Å². The van der Waals surface area contributed by atoms with E-state index in [0.717, 1.165) is 34.3 Å². The molecule has 0 bridgehead atoms. The molecule has 0 aromatic heterocycles. The number of amides is 3. The first-order chi connectivity index (χ1) is 18.2. The zero-order valence-electron chi connectivity index (χ0n) is 24.4. The quantitative estimate of drug-likeness (QED) is 0.484. The molecule has 0 saturated carbocycles. The normalized spacial score (nSPS) is 23.4. The van der Waals surface area contributed by atoms with Gasteiger partial charge in [-0.25, -0.2) is 4.79 Å². The number of carbonyl (C=O) groups excluding carboxylic acids is 3. The van der Waals surface area contributed by atoms with Crippen LogP contribution in [0.2, 0.25) is 0 Å². The summed E-state index contributed by atoms with van der Waals surface area (Å²) in [7, 11) is 1.64. The van der Waals surface area contributed by atoms with Gasteiger partial charge in [0.15, 0.2) is 0 Å². The fourth-order valence-corrected chi connectivity index (χ4v) is 6.31. The van der Waals surface area contributed by atoms with Gasteiger partial charge in [0.25, 0.3) is 0 Å². The van der Waals surface area contributed by atoms with Gasteiger partial charge in [0, 0.05) is 67.9 Å². The highest BCUT2D eigenvalue weighted by molar-refractivity contribution is 9.10. The number of ether oxygens (including phenoxy) is 2. The van der Waals surface area contributed by atoms with E-state index < -0.39 is 5.60 Å². The van der Waals surface area contributed by atoms with Crippen molar-refractivity contribution in [3.63, 3.8) is 0 Å². The number of rotatable bonds is 6. The molecule has 4 rings (SSSR count). The third-order valence-corrected chi connectivity index (χ3v) is 8.59. The largest absolute Gasteiger partial charge is 0.444 e. The van der Waals surface area contributed by atoms with Crippen molar-refractivity contribution in [1.29, 1.82) is 0 Å². The molecular formula is C29H43BrN4O5. The van der Waals surface area contributed by atoms with Crippen molar-refractivity contribution in [2.24, 2.45) is 0 Å². The molecule has 1 aromatic carbocycles. The van der Waals surface area contributed by atoms with E-state index in [4.69, 9.17) is 9.47 Å². The number of hydrogen-bond acceptors (Lipinski definition) is 6. The lowest BCUT2D eigenvalue weighted by Crippen LogP contribution is -2.62. The minimum absolute atomic E-state index is 0.0198. The summed E-state index contributed by atoms with van der Waals surface area (Å²) < 4.78 is 12.1. The van der Waals surface area contributed by atoms with Gasteiger partial charge in [0.05, 0.1) is 19.2 Å².